The van der Waals surface area contributed by atoms with Crippen LogP contribution < -0.4 is 16.0 Å². The normalized spacial score (nSPS) is 16.2. The van der Waals surface area contributed by atoms with Gasteiger partial charge in [0.15, 0.2) is 0 Å². The van der Waals surface area contributed by atoms with E-state index in [1.807, 2.05) is 24.8 Å². The zero-order valence-corrected chi connectivity index (χ0v) is 10.3. The van der Waals surface area contributed by atoms with Gasteiger partial charge in [0.05, 0.1) is 0 Å². The maximum atomic E-state index is 5.70. The molecule has 6 heteroatoms. The quantitative estimate of drug-likeness (QED) is 0.821. The van der Waals surface area contributed by atoms with Crippen molar-refractivity contribution in [1.82, 2.24) is 9.97 Å². The molecule has 1 saturated heterocycles. The van der Waals surface area contributed by atoms with Crippen molar-refractivity contribution >= 4 is 29.3 Å². The van der Waals surface area contributed by atoms with E-state index in [0.29, 0.717) is 5.95 Å². The maximum Gasteiger partial charge on any atom is 0.223 e. The summed E-state index contributed by atoms with van der Waals surface area (Å²) in [6.45, 7) is 4.95. The Balaban J connectivity index is 2.18. The average molecular weight is 239 g/mol. The smallest absolute Gasteiger partial charge is 0.223 e. The largest absolute Gasteiger partial charge is 0.370 e. The van der Waals surface area contributed by atoms with Gasteiger partial charge >= 0.3 is 0 Å². The SMILES string of the molecule is CCNc1cc(N2CCSCC2)nc(N)n1. The molecule has 0 aromatic carbocycles. The van der Waals surface area contributed by atoms with Crippen LogP contribution in [0.3, 0.4) is 0 Å². The summed E-state index contributed by atoms with van der Waals surface area (Å²) in [5, 5.41) is 3.16. The van der Waals surface area contributed by atoms with Gasteiger partial charge in [-0.1, -0.05) is 0 Å². The van der Waals surface area contributed by atoms with E-state index in [2.05, 4.69) is 20.2 Å². The molecule has 0 spiro atoms. The topological polar surface area (TPSA) is 67.1 Å². The van der Waals surface area contributed by atoms with Gasteiger partial charge in [-0.3, -0.25) is 0 Å². The van der Waals surface area contributed by atoms with Crippen LogP contribution in [0.4, 0.5) is 17.6 Å². The van der Waals surface area contributed by atoms with Crippen molar-refractivity contribution in [2.24, 2.45) is 0 Å². The zero-order valence-electron chi connectivity index (χ0n) is 9.44. The minimum absolute atomic E-state index is 0.340. The van der Waals surface area contributed by atoms with Gasteiger partial charge in [-0.25, -0.2) is 0 Å². The summed E-state index contributed by atoms with van der Waals surface area (Å²) in [6.07, 6.45) is 0. The van der Waals surface area contributed by atoms with E-state index in [0.717, 1.165) is 42.8 Å². The molecule has 1 aliphatic heterocycles. The fourth-order valence-electron chi connectivity index (χ4n) is 1.68. The van der Waals surface area contributed by atoms with Crippen molar-refractivity contribution in [1.29, 1.82) is 0 Å². The first-order valence-corrected chi connectivity index (χ1v) is 6.66. The van der Waals surface area contributed by atoms with Gasteiger partial charge in [0, 0.05) is 37.2 Å². The predicted octanol–water partition coefficient (Wildman–Crippen LogP) is 1.04. The van der Waals surface area contributed by atoms with E-state index in [1.165, 1.54) is 0 Å². The lowest BCUT2D eigenvalue weighted by Crippen LogP contribution is -2.33. The highest BCUT2D eigenvalue weighted by atomic mass is 32.2. The summed E-state index contributed by atoms with van der Waals surface area (Å²) in [6, 6.07) is 1.97. The molecule has 0 unspecified atom stereocenters. The van der Waals surface area contributed by atoms with Gasteiger partial charge in [-0.05, 0) is 6.92 Å². The zero-order chi connectivity index (χ0) is 11.4. The van der Waals surface area contributed by atoms with Crippen LogP contribution in [0.25, 0.3) is 0 Å². The summed E-state index contributed by atoms with van der Waals surface area (Å²) in [4.78, 5) is 10.7. The van der Waals surface area contributed by atoms with Crippen molar-refractivity contribution in [2.45, 2.75) is 6.92 Å². The number of aromatic nitrogens is 2. The number of nitrogens with zero attached hydrogens (tertiary/aromatic N) is 3. The van der Waals surface area contributed by atoms with Crippen molar-refractivity contribution in [3.8, 4) is 0 Å². The van der Waals surface area contributed by atoms with E-state index in [-0.39, 0.29) is 0 Å². The Labute approximate surface area is 99.8 Å². The molecule has 2 heterocycles. The lowest BCUT2D eigenvalue weighted by Gasteiger charge is -2.27. The molecule has 1 aromatic rings. The fourth-order valence-corrected chi connectivity index (χ4v) is 2.58. The first-order valence-electron chi connectivity index (χ1n) is 5.50. The number of hydrogen-bond acceptors (Lipinski definition) is 6. The molecule has 0 atom stereocenters. The molecule has 0 aliphatic carbocycles. The molecule has 1 aromatic heterocycles. The summed E-state index contributed by atoms with van der Waals surface area (Å²) in [5.41, 5.74) is 5.70. The summed E-state index contributed by atoms with van der Waals surface area (Å²) >= 11 is 1.98. The van der Waals surface area contributed by atoms with E-state index < -0.39 is 0 Å². The minimum Gasteiger partial charge on any atom is -0.370 e. The van der Waals surface area contributed by atoms with Gasteiger partial charge in [0.2, 0.25) is 5.95 Å². The Hall–Kier alpha value is -1.17. The van der Waals surface area contributed by atoms with E-state index >= 15 is 0 Å². The number of thioether (sulfide) groups is 1. The highest BCUT2D eigenvalue weighted by Crippen LogP contribution is 2.20. The van der Waals surface area contributed by atoms with Crippen molar-refractivity contribution in [3.63, 3.8) is 0 Å². The molecule has 5 nitrogen and oxygen atoms in total. The third kappa shape index (κ3) is 2.69. The van der Waals surface area contributed by atoms with Crippen LogP contribution in [-0.2, 0) is 0 Å². The number of nitrogen functional groups attached to an aromatic ring is 1. The second-order valence-corrected chi connectivity index (χ2v) is 4.82. The maximum absolute atomic E-state index is 5.70. The minimum atomic E-state index is 0.340. The lowest BCUT2D eigenvalue weighted by atomic mass is 10.4. The molecule has 1 fully saturated rings. The summed E-state index contributed by atoms with van der Waals surface area (Å²) in [7, 11) is 0. The number of nitrogens with two attached hydrogens (primary N) is 1. The standard InChI is InChI=1S/C10H17N5S/c1-2-12-8-7-9(14-10(11)13-8)15-3-5-16-6-4-15/h7H,2-6H2,1H3,(H3,11,12,13,14). The third-order valence-electron chi connectivity index (χ3n) is 2.42. The van der Waals surface area contributed by atoms with Crippen LogP contribution >= 0.6 is 11.8 Å². The third-order valence-corrected chi connectivity index (χ3v) is 3.37. The van der Waals surface area contributed by atoms with Crippen molar-refractivity contribution < 1.29 is 0 Å². The van der Waals surface area contributed by atoms with Crippen molar-refractivity contribution in [2.75, 3.05) is 47.1 Å². The van der Waals surface area contributed by atoms with Crippen LogP contribution in [-0.4, -0.2) is 41.1 Å². The number of nitrogens with one attached hydrogen (secondary N) is 1. The molecule has 88 valence electrons. The van der Waals surface area contributed by atoms with Crippen molar-refractivity contribution in [3.05, 3.63) is 6.07 Å². The Morgan fingerprint density at radius 3 is 2.88 bits per heavy atom. The molecule has 2 rings (SSSR count). The monoisotopic (exact) mass is 239 g/mol. The predicted molar refractivity (Wildman–Crippen MR) is 70.1 cm³/mol. The molecular formula is C10H17N5S. The van der Waals surface area contributed by atoms with Gasteiger partial charge in [0.25, 0.3) is 0 Å². The average Bonchev–Trinajstić information content (AvgIpc) is 2.30. The lowest BCUT2D eigenvalue weighted by molar-refractivity contribution is 0.837. The second kappa shape index (κ2) is 5.25. The van der Waals surface area contributed by atoms with Crippen LogP contribution in [0, 0.1) is 0 Å². The first-order chi connectivity index (χ1) is 7.79. The Kier molecular flexibility index (Phi) is 3.71. The molecule has 3 N–H and O–H groups in total. The number of rotatable bonds is 3. The molecule has 1 aliphatic rings. The van der Waals surface area contributed by atoms with Gasteiger partial charge < -0.3 is 16.0 Å². The summed E-state index contributed by atoms with van der Waals surface area (Å²) < 4.78 is 0. The number of hydrogen-bond donors (Lipinski definition) is 2. The van der Waals surface area contributed by atoms with Gasteiger partial charge in [-0.2, -0.15) is 21.7 Å². The van der Waals surface area contributed by atoms with E-state index in [9.17, 15) is 0 Å². The van der Waals surface area contributed by atoms with Crippen LogP contribution in [0.15, 0.2) is 6.07 Å². The fraction of sp³-hybridized carbons (Fsp3) is 0.600. The van der Waals surface area contributed by atoms with Gasteiger partial charge in [0.1, 0.15) is 11.6 Å². The van der Waals surface area contributed by atoms with Crippen LogP contribution in [0.2, 0.25) is 0 Å². The summed E-state index contributed by atoms with van der Waals surface area (Å²) in [5.74, 6) is 4.39. The Morgan fingerprint density at radius 1 is 1.44 bits per heavy atom. The molecule has 0 bridgehead atoms. The molecule has 0 radical (unpaired) electrons. The Morgan fingerprint density at radius 2 is 2.19 bits per heavy atom. The molecule has 0 amide bonds. The van der Waals surface area contributed by atoms with Gasteiger partial charge in [-0.15, -0.1) is 0 Å². The van der Waals surface area contributed by atoms with E-state index in [4.69, 9.17) is 5.73 Å². The molecule has 0 saturated carbocycles. The highest BCUT2D eigenvalue weighted by molar-refractivity contribution is 7.99. The van der Waals surface area contributed by atoms with Crippen LogP contribution in [0.5, 0.6) is 0 Å². The van der Waals surface area contributed by atoms with E-state index in [1.54, 1.807) is 0 Å². The molecule has 16 heavy (non-hydrogen) atoms. The highest BCUT2D eigenvalue weighted by Gasteiger charge is 2.13. The van der Waals surface area contributed by atoms with Crippen LogP contribution in [0.1, 0.15) is 6.92 Å². The first kappa shape index (κ1) is 11.3. The second-order valence-electron chi connectivity index (χ2n) is 3.60. The Bertz CT molecular complexity index is 351. The number of anilines is 3. The molecular weight excluding hydrogens is 222 g/mol.